The average molecular weight is 301 g/mol. The minimum absolute atomic E-state index is 0.0403. The van der Waals surface area contributed by atoms with Crippen LogP contribution in [0.3, 0.4) is 0 Å². The van der Waals surface area contributed by atoms with E-state index in [1.807, 2.05) is 25.1 Å². The van der Waals surface area contributed by atoms with Gasteiger partial charge in [0.2, 0.25) is 5.91 Å². The maximum Gasteiger partial charge on any atom is 0.239 e. The fourth-order valence-corrected chi connectivity index (χ4v) is 1.70. The van der Waals surface area contributed by atoms with Gasteiger partial charge >= 0.3 is 0 Å². The number of hydrogen-bond acceptors (Lipinski definition) is 3. The predicted octanol–water partition coefficient (Wildman–Crippen LogP) is 1.93. The molecule has 0 aliphatic carbocycles. The molecule has 2 N–H and O–H groups in total. The molecular weight excluding hydrogens is 284 g/mol. The van der Waals surface area contributed by atoms with E-state index >= 15 is 0 Å². The van der Waals surface area contributed by atoms with Gasteiger partial charge in [-0.1, -0.05) is 22.0 Å². The molecule has 0 bridgehead atoms. The summed E-state index contributed by atoms with van der Waals surface area (Å²) in [5, 5.41) is 5.85. The van der Waals surface area contributed by atoms with Gasteiger partial charge in [0.1, 0.15) is 0 Å². The van der Waals surface area contributed by atoms with Gasteiger partial charge in [0.25, 0.3) is 0 Å². The summed E-state index contributed by atoms with van der Waals surface area (Å²) in [6.45, 7) is 3.33. The van der Waals surface area contributed by atoms with Crippen LogP contribution in [0.4, 0.5) is 5.69 Å². The first kappa shape index (κ1) is 14.0. The fraction of sp³-hybridized carbons (Fsp3) is 0.417. The Morgan fingerprint density at radius 1 is 1.47 bits per heavy atom. The normalized spacial score (nSPS) is 10.1. The van der Waals surface area contributed by atoms with E-state index in [4.69, 9.17) is 4.74 Å². The molecule has 0 aromatic heterocycles. The van der Waals surface area contributed by atoms with Gasteiger partial charge in [-0.2, -0.15) is 0 Å². The Balaban J connectivity index is 2.39. The third-order valence-corrected chi connectivity index (χ3v) is 3.19. The van der Waals surface area contributed by atoms with E-state index in [0.717, 1.165) is 15.7 Å². The lowest BCUT2D eigenvalue weighted by atomic mass is 10.2. The molecule has 1 aromatic rings. The van der Waals surface area contributed by atoms with E-state index in [0.29, 0.717) is 13.2 Å². The molecule has 5 heteroatoms. The van der Waals surface area contributed by atoms with Crippen LogP contribution in [0.25, 0.3) is 0 Å². The first-order valence-electron chi connectivity index (χ1n) is 5.39. The summed E-state index contributed by atoms with van der Waals surface area (Å²) >= 11 is 3.45. The van der Waals surface area contributed by atoms with Gasteiger partial charge in [0.15, 0.2) is 0 Å². The van der Waals surface area contributed by atoms with Crippen LogP contribution in [0, 0.1) is 6.92 Å². The summed E-state index contributed by atoms with van der Waals surface area (Å²) in [6, 6.07) is 5.85. The van der Waals surface area contributed by atoms with Gasteiger partial charge in [0.05, 0.1) is 13.2 Å². The molecule has 94 valence electrons. The Morgan fingerprint density at radius 3 is 2.94 bits per heavy atom. The van der Waals surface area contributed by atoms with Crippen molar-refractivity contribution in [3.8, 4) is 0 Å². The maximum absolute atomic E-state index is 11.4. The maximum atomic E-state index is 11.4. The van der Waals surface area contributed by atoms with E-state index in [9.17, 15) is 4.79 Å². The highest BCUT2D eigenvalue weighted by Crippen LogP contribution is 2.22. The molecule has 0 aliphatic rings. The Morgan fingerprint density at radius 2 is 2.24 bits per heavy atom. The number of rotatable bonds is 6. The number of halogens is 1. The van der Waals surface area contributed by atoms with Crippen molar-refractivity contribution in [2.24, 2.45) is 0 Å². The molecule has 0 unspecified atom stereocenters. The number of ether oxygens (including phenoxy) is 1. The lowest BCUT2D eigenvalue weighted by molar-refractivity contribution is -0.119. The summed E-state index contributed by atoms with van der Waals surface area (Å²) in [7, 11) is 1.61. The van der Waals surface area contributed by atoms with E-state index in [1.54, 1.807) is 7.11 Å². The predicted molar refractivity (Wildman–Crippen MR) is 72.3 cm³/mol. The molecular formula is C12H17BrN2O2. The first-order chi connectivity index (χ1) is 8.15. The van der Waals surface area contributed by atoms with Crippen molar-refractivity contribution in [1.82, 2.24) is 5.32 Å². The molecule has 1 aromatic carbocycles. The van der Waals surface area contributed by atoms with Crippen molar-refractivity contribution in [2.75, 3.05) is 32.1 Å². The number of carbonyl (C=O) groups excluding carboxylic acids is 1. The molecule has 4 nitrogen and oxygen atoms in total. The van der Waals surface area contributed by atoms with E-state index in [2.05, 4.69) is 26.6 Å². The largest absolute Gasteiger partial charge is 0.383 e. The standard InChI is InChI=1S/C12H17BrN2O2/c1-9-10(13)4-3-5-11(9)15-8-12(16)14-6-7-17-2/h3-5,15H,6-8H2,1-2H3,(H,14,16). The van der Waals surface area contributed by atoms with Crippen LogP contribution < -0.4 is 10.6 Å². The van der Waals surface area contributed by atoms with Crippen LogP contribution in [-0.2, 0) is 9.53 Å². The number of amides is 1. The van der Waals surface area contributed by atoms with Crippen LogP contribution in [0.1, 0.15) is 5.56 Å². The van der Waals surface area contributed by atoms with Crippen LogP contribution in [-0.4, -0.2) is 32.7 Å². The van der Waals surface area contributed by atoms with Gasteiger partial charge in [-0.05, 0) is 24.6 Å². The van der Waals surface area contributed by atoms with Crippen molar-refractivity contribution in [3.05, 3.63) is 28.2 Å². The molecule has 0 atom stereocenters. The third kappa shape index (κ3) is 4.75. The van der Waals surface area contributed by atoms with Crippen LogP contribution in [0.5, 0.6) is 0 Å². The number of benzene rings is 1. The molecule has 0 spiro atoms. The number of nitrogens with one attached hydrogen (secondary N) is 2. The van der Waals surface area contributed by atoms with Crippen molar-refractivity contribution >= 4 is 27.5 Å². The van der Waals surface area contributed by atoms with Crippen LogP contribution in [0.15, 0.2) is 22.7 Å². The molecule has 0 radical (unpaired) electrons. The van der Waals surface area contributed by atoms with Gasteiger partial charge in [-0.15, -0.1) is 0 Å². The second-order valence-electron chi connectivity index (χ2n) is 3.61. The number of hydrogen-bond donors (Lipinski definition) is 2. The van der Waals surface area contributed by atoms with E-state index in [-0.39, 0.29) is 12.5 Å². The Bertz CT molecular complexity index is 383. The quantitative estimate of drug-likeness (QED) is 0.789. The first-order valence-corrected chi connectivity index (χ1v) is 6.19. The Hall–Kier alpha value is -1.07. The second-order valence-corrected chi connectivity index (χ2v) is 4.46. The molecule has 0 saturated heterocycles. The number of carbonyl (C=O) groups is 1. The summed E-state index contributed by atoms with van der Waals surface area (Å²) in [6.07, 6.45) is 0. The summed E-state index contributed by atoms with van der Waals surface area (Å²) in [4.78, 5) is 11.4. The van der Waals surface area contributed by atoms with E-state index in [1.165, 1.54) is 0 Å². The van der Waals surface area contributed by atoms with Crippen molar-refractivity contribution in [3.63, 3.8) is 0 Å². The van der Waals surface area contributed by atoms with Gasteiger partial charge in [-0.3, -0.25) is 4.79 Å². The molecule has 0 saturated carbocycles. The molecule has 1 amide bonds. The van der Waals surface area contributed by atoms with Crippen molar-refractivity contribution in [2.45, 2.75) is 6.92 Å². The second kappa shape index (κ2) is 7.29. The molecule has 0 fully saturated rings. The topological polar surface area (TPSA) is 50.4 Å². The Kier molecular flexibility index (Phi) is 6.00. The van der Waals surface area contributed by atoms with Crippen LogP contribution in [0.2, 0.25) is 0 Å². The highest BCUT2D eigenvalue weighted by molar-refractivity contribution is 9.10. The van der Waals surface area contributed by atoms with E-state index < -0.39 is 0 Å². The lowest BCUT2D eigenvalue weighted by Crippen LogP contribution is -2.32. The van der Waals surface area contributed by atoms with Crippen molar-refractivity contribution < 1.29 is 9.53 Å². The van der Waals surface area contributed by atoms with Gasteiger partial charge in [-0.25, -0.2) is 0 Å². The molecule has 17 heavy (non-hydrogen) atoms. The SMILES string of the molecule is COCCNC(=O)CNc1cccc(Br)c1C. The fourth-order valence-electron chi connectivity index (χ4n) is 1.33. The highest BCUT2D eigenvalue weighted by Gasteiger charge is 2.03. The zero-order chi connectivity index (χ0) is 12.7. The molecule has 0 heterocycles. The lowest BCUT2D eigenvalue weighted by Gasteiger charge is -2.10. The minimum atomic E-state index is -0.0403. The van der Waals surface area contributed by atoms with Crippen LogP contribution >= 0.6 is 15.9 Å². The summed E-state index contributed by atoms with van der Waals surface area (Å²) < 4.78 is 5.88. The zero-order valence-electron chi connectivity index (χ0n) is 10.0. The number of anilines is 1. The smallest absolute Gasteiger partial charge is 0.239 e. The monoisotopic (exact) mass is 300 g/mol. The number of methoxy groups -OCH3 is 1. The summed E-state index contributed by atoms with van der Waals surface area (Å²) in [5.41, 5.74) is 2.05. The zero-order valence-corrected chi connectivity index (χ0v) is 11.6. The van der Waals surface area contributed by atoms with Crippen molar-refractivity contribution in [1.29, 1.82) is 0 Å². The highest BCUT2D eigenvalue weighted by atomic mass is 79.9. The summed E-state index contributed by atoms with van der Waals surface area (Å²) in [5.74, 6) is -0.0403. The third-order valence-electron chi connectivity index (χ3n) is 2.34. The minimum Gasteiger partial charge on any atom is -0.383 e. The Labute approximate surface area is 110 Å². The van der Waals surface area contributed by atoms with Gasteiger partial charge < -0.3 is 15.4 Å². The average Bonchev–Trinajstić information content (AvgIpc) is 2.31. The van der Waals surface area contributed by atoms with Gasteiger partial charge in [0, 0.05) is 23.8 Å². The molecule has 0 aliphatic heterocycles. The molecule has 1 rings (SSSR count).